The van der Waals surface area contributed by atoms with Crippen LogP contribution in [-0.2, 0) is 4.79 Å². The van der Waals surface area contributed by atoms with Gasteiger partial charge < -0.3 is 10.4 Å². The van der Waals surface area contributed by atoms with Crippen molar-refractivity contribution in [2.75, 3.05) is 0 Å². The molecule has 2 unspecified atom stereocenters. The third kappa shape index (κ3) is 3.97. The number of aromatic nitrogens is 1. The van der Waals surface area contributed by atoms with Crippen LogP contribution in [0.15, 0.2) is 6.20 Å². The van der Waals surface area contributed by atoms with Crippen LogP contribution in [0.2, 0.25) is 0 Å². The van der Waals surface area contributed by atoms with E-state index in [1.807, 2.05) is 27.0 Å². The summed E-state index contributed by atoms with van der Waals surface area (Å²) in [6.45, 7) is 5.87. The van der Waals surface area contributed by atoms with Gasteiger partial charge >= 0.3 is 5.97 Å². The zero-order valence-corrected chi connectivity index (χ0v) is 9.97. The van der Waals surface area contributed by atoms with Crippen molar-refractivity contribution in [2.24, 2.45) is 0 Å². The molecule has 2 atom stereocenters. The normalized spacial score (nSPS) is 14.9. The molecular weight excluding hydrogens is 212 g/mol. The number of carboxylic acid groups (broad SMARTS) is 1. The average Bonchev–Trinajstić information content (AvgIpc) is 2.49. The predicted octanol–water partition coefficient (Wildman–Crippen LogP) is 1.97. The molecule has 1 aromatic heterocycles. The summed E-state index contributed by atoms with van der Waals surface area (Å²) < 4.78 is 0. The molecule has 1 rings (SSSR count). The van der Waals surface area contributed by atoms with Crippen LogP contribution in [0.25, 0.3) is 0 Å². The van der Waals surface area contributed by atoms with E-state index in [2.05, 4.69) is 10.3 Å². The first-order valence-electron chi connectivity index (χ1n) is 4.89. The van der Waals surface area contributed by atoms with Crippen LogP contribution in [0, 0.1) is 6.92 Å². The lowest BCUT2D eigenvalue weighted by Crippen LogP contribution is -2.30. The molecule has 84 valence electrons. The lowest BCUT2D eigenvalue weighted by atomic mass is 10.2. The molecule has 0 aliphatic heterocycles. The molecule has 0 saturated carbocycles. The topological polar surface area (TPSA) is 62.2 Å². The Morgan fingerprint density at radius 3 is 2.80 bits per heavy atom. The van der Waals surface area contributed by atoms with Gasteiger partial charge in [0.25, 0.3) is 0 Å². The van der Waals surface area contributed by atoms with Crippen molar-refractivity contribution in [3.05, 3.63) is 16.1 Å². The number of nitrogens with one attached hydrogen (secondary N) is 1. The van der Waals surface area contributed by atoms with Gasteiger partial charge in [-0.3, -0.25) is 4.79 Å². The zero-order valence-electron chi connectivity index (χ0n) is 9.15. The van der Waals surface area contributed by atoms with Gasteiger partial charge in [-0.15, -0.1) is 11.3 Å². The lowest BCUT2D eigenvalue weighted by molar-refractivity contribution is -0.137. The van der Waals surface area contributed by atoms with E-state index in [1.54, 1.807) is 11.3 Å². The SMILES string of the molecule is Cc1cnc(C(C)NC(C)CC(=O)O)s1. The highest BCUT2D eigenvalue weighted by Gasteiger charge is 2.14. The molecule has 0 radical (unpaired) electrons. The summed E-state index contributed by atoms with van der Waals surface area (Å²) in [4.78, 5) is 15.9. The predicted molar refractivity (Wildman–Crippen MR) is 60.1 cm³/mol. The van der Waals surface area contributed by atoms with Gasteiger partial charge in [-0.2, -0.15) is 0 Å². The standard InChI is InChI=1S/C10H16N2O2S/c1-6(4-9(13)14)12-8(3)10-11-5-7(2)15-10/h5-6,8,12H,4H2,1-3H3,(H,13,14). The van der Waals surface area contributed by atoms with Crippen LogP contribution in [0.3, 0.4) is 0 Å². The van der Waals surface area contributed by atoms with Crippen molar-refractivity contribution in [3.63, 3.8) is 0 Å². The first-order chi connectivity index (χ1) is 6.99. The van der Waals surface area contributed by atoms with Crippen LogP contribution in [0.1, 0.15) is 36.2 Å². The van der Waals surface area contributed by atoms with Gasteiger partial charge in [-0.1, -0.05) is 0 Å². The summed E-state index contributed by atoms with van der Waals surface area (Å²) in [7, 11) is 0. The molecule has 0 aromatic carbocycles. The van der Waals surface area contributed by atoms with Crippen molar-refractivity contribution < 1.29 is 9.90 Å². The number of carboxylic acids is 1. The minimum Gasteiger partial charge on any atom is -0.481 e. The molecule has 0 aliphatic rings. The van der Waals surface area contributed by atoms with E-state index in [4.69, 9.17) is 5.11 Å². The molecule has 4 nitrogen and oxygen atoms in total. The molecule has 0 amide bonds. The first kappa shape index (κ1) is 12.1. The Hall–Kier alpha value is -0.940. The number of aliphatic carboxylic acids is 1. The molecule has 0 bridgehead atoms. The van der Waals surface area contributed by atoms with E-state index >= 15 is 0 Å². The number of rotatable bonds is 5. The third-order valence-corrected chi connectivity index (χ3v) is 3.12. The second-order valence-corrected chi connectivity index (χ2v) is 4.96. The number of carbonyl (C=O) groups is 1. The van der Waals surface area contributed by atoms with Crippen molar-refractivity contribution in [3.8, 4) is 0 Å². The first-order valence-corrected chi connectivity index (χ1v) is 5.71. The maximum absolute atomic E-state index is 10.5. The molecule has 0 saturated heterocycles. The Balaban J connectivity index is 2.48. The van der Waals surface area contributed by atoms with Gasteiger partial charge in [0.2, 0.25) is 0 Å². The Bertz CT molecular complexity index is 338. The second kappa shape index (κ2) is 5.23. The van der Waals surface area contributed by atoms with E-state index < -0.39 is 5.97 Å². The molecule has 5 heteroatoms. The summed E-state index contributed by atoms with van der Waals surface area (Å²) in [6.07, 6.45) is 1.97. The summed E-state index contributed by atoms with van der Waals surface area (Å²) in [5, 5.41) is 12.8. The van der Waals surface area contributed by atoms with E-state index in [0.717, 1.165) is 5.01 Å². The highest BCUT2D eigenvalue weighted by molar-refractivity contribution is 7.11. The van der Waals surface area contributed by atoms with E-state index in [0.29, 0.717) is 0 Å². The van der Waals surface area contributed by atoms with Crippen molar-refractivity contribution in [1.29, 1.82) is 0 Å². The van der Waals surface area contributed by atoms with Gasteiger partial charge in [0.15, 0.2) is 0 Å². The van der Waals surface area contributed by atoms with Gasteiger partial charge in [0, 0.05) is 17.1 Å². The van der Waals surface area contributed by atoms with Crippen LogP contribution in [-0.4, -0.2) is 22.1 Å². The van der Waals surface area contributed by atoms with Gasteiger partial charge in [-0.25, -0.2) is 4.98 Å². The largest absolute Gasteiger partial charge is 0.481 e. The van der Waals surface area contributed by atoms with Gasteiger partial charge in [0.1, 0.15) is 5.01 Å². The lowest BCUT2D eigenvalue weighted by Gasteiger charge is -2.16. The molecule has 0 fully saturated rings. The third-order valence-electron chi connectivity index (χ3n) is 2.02. The summed E-state index contributed by atoms with van der Waals surface area (Å²) >= 11 is 1.64. The number of hydrogen-bond acceptors (Lipinski definition) is 4. The minimum absolute atomic E-state index is 0.0401. The van der Waals surface area contributed by atoms with E-state index in [1.165, 1.54) is 4.88 Å². The molecule has 1 heterocycles. The Labute approximate surface area is 93.4 Å². The van der Waals surface area contributed by atoms with Gasteiger partial charge in [-0.05, 0) is 20.8 Å². The fraction of sp³-hybridized carbons (Fsp3) is 0.600. The Morgan fingerprint density at radius 2 is 2.33 bits per heavy atom. The van der Waals surface area contributed by atoms with Crippen LogP contribution >= 0.6 is 11.3 Å². The van der Waals surface area contributed by atoms with Crippen molar-refractivity contribution >= 4 is 17.3 Å². The molecule has 0 spiro atoms. The van der Waals surface area contributed by atoms with Crippen LogP contribution in [0.5, 0.6) is 0 Å². The monoisotopic (exact) mass is 228 g/mol. The molecule has 1 aromatic rings. The van der Waals surface area contributed by atoms with E-state index in [-0.39, 0.29) is 18.5 Å². The summed E-state index contributed by atoms with van der Waals surface area (Å²) in [6, 6.07) is 0.0692. The minimum atomic E-state index is -0.780. The van der Waals surface area contributed by atoms with Crippen LogP contribution < -0.4 is 5.32 Å². The highest BCUT2D eigenvalue weighted by atomic mass is 32.1. The van der Waals surface area contributed by atoms with Crippen LogP contribution in [0.4, 0.5) is 0 Å². The quantitative estimate of drug-likeness (QED) is 0.808. The smallest absolute Gasteiger partial charge is 0.304 e. The second-order valence-electron chi connectivity index (χ2n) is 3.70. The zero-order chi connectivity index (χ0) is 11.4. The maximum Gasteiger partial charge on any atom is 0.304 e. The molecule has 15 heavy (non-hydrogen) atoms. The molecular formula is C10H16N2O2S. The van der Waals surface area contributed by atoms with Crippen molar-refractivity contribution in [2.45, 2.75) is 39.3 Å². The Morgan fingerprint density at radius 1 is 1.67 bits per heavy atom. The van der Waals surface area contributed by atoms with Crippen molar-refractivity contribution in [1.82, 2.24) is 10.3 Å². The summed E-state index contributed by atoms with van der Waals surface area (Å²) in [5.74, 6) is -0.780. The molecule has 0 aliphatic carbocycles. The highest BCUT2D eigenvalue weighted by Crippen LogP contribution is 2.19. The van der Waals surface area contributed by atoms with Gasteiger partial charge in [0.05, 0.1) is 12.5 Å². The van der Waals surface area contributed by atoms with E-state index in [9.17, 15) is 4.79 Å². The fourth-order valence-electron chi connectivity index (χ4n) is 1.39. The maximum atomic E-state index is 10.5. The number of aryl methyl sites for hydroxylation is 1. The summed E-state index contributed by atoms with van der Waals surface area (Å²) in [5.41, 5.74) is 0. The number of nitrogens with zero attached hydrogens (tertiary/aromatic N) is 1. The average molecular weight is 228 g/mol. The number of thiazole rings is 1. The number of hydrogen-bond donors (Lipinski definition) is 2. The fourth-order valence-corrected chi connectivity index (χ4v) is 2.18. The molecule has 2 N–H and O–H groups in total. The Kier molecular flexibility index (Phi) is 4.23.